The van der Waals surface area contributed by atoms with Crippen LogP contribution in [0.4, 0.5) is 5.82 Å². The molecule has 3 aromatic rings. The zero-order chi connectivity index (χ0) is 26.2. The number of anilines is 1. The molecule has 0 aliphatic heterocycles. The fraction of sp³-hybridized carbons (Fsp3) is 0.690. The van der Waals surface area contributed by atoms with Crippen LogP contribution in [0.25, 0.3) is 28.4 Å². The molecule has 9 nitrogen and oxygen atoms in total. The number of aromatic nitrogens is 6. The van der Waals surface area contributed by atoms with Crippen LogP contribution in [-0.4, -0.2) is 35.7 Å². The Morgan fingerprint density at radius 2 is 1.82 bits per heavy atom. The SMILES string of the molecule is C=C(c1nc2nc(-c3noc(=O)[nH]3)nc(N[C@H](C)C3CCC3)c2n1CC1CCC(C)CC1)C1CCCCC1. The summed E-state index contributed by atoms with van der Waals surface area (Å²) < 4.78 is 7.14. The molecule has 3 heterocycles. The Bertz CT molecular complexity index is 1340. The average molecular weight is 520 g/mol. The van der Waals surface area contributed by atoms with Gasteiger partial charge in [-0.25, -0.2) is 19.7 Å². The standard InChI is InChI=1S/C29H41N7O2/c1-17-12-14-20(15-13-17)16-36-23-24(30-19(3)22-10-7-11-22)31-26(27-34-29(37)38-35-27)32-25(23)33-28(36)18(2)21-8-5-4-6-9-21/h17,19-22H,2,4-16H2,1,3H3,(H,30,31,32)(H,34,35,37)/t17?,19-,20?/m1/s1. The van der Waals surface area contributed by atoms with Crippen molar-refractivity contribution >= 4 is 22.6 Å². The van der Waals surface area contributed by atoms with Crippen molar-refractivity contribution in [3.05, 3.63) is 23.0 Å². The van der Waals surface area contributed by atoms with Crippen LogP contribution in [-0.2, 0) is 6.54 Å². The van der Waals surface area contributed by atoms with Gasteiger partial charge in [0.2, 0.25) is 11.6 Å². The molecule has 0 bridgehead atoms. The molecule has 0 spiro atoms. The highest BCUT2D eigenvalue weighted by Crippen LogP contribution is 2.39. The summed E-state index contributed by atoms with van der Waals surface area (Å²) >= 11 is 0. The van der Waals surface area contributed by atoms with E-state index in [1.807, 2.05) is 0 Å². The Morgan fingerprint density at radius 3 is 2.47 bits per heavy atom. The number of aromatic amines is 1. The topological polar surface area (TPSA) is 115 Å². The third kappa shape index (κ3) is 5.04. The molecule has 0 aromatic carbocycles. The first-order valence-electron chi connectivity index (χ1n) is 14.8. The quantitative estimate of drug-likeness (QED) is 0.365. The molecule has 3 aliphatic rings. The summed E-state index contributed by atoms with van der Waals surface area (Å²) in [5, 5.41) is 7.59. The van der Waals surface area contributed by atoms with Gasteiger partial charge in [-0.05, 0) is 74.7 Å². The van der Waals surface area contributed by atoms with Crippen LogP contribution in [0.2, 0.25) is 0 Å². The zero-order valence-corrected chi connectivity index (χ0v) is 22.8. The molecule has 3 aliphatic carbocycles. The minimum atomic E-state index is -0.621. The van der Waals surface area contributed by atoms with Gasteiger partial charge in [0.05, 0.1) is 0 Å². The molecule has 0 amide bonds. The van der Waals surface area contributed by atoms with E-state index in [-0.39, 0.29) is 11.9 Å². The summed E-state index contributed by atoms with van der Waals surface area (Å²) in [6.45, 7) is 10.1. The maximum absolute atomic E-state index is 11.7. The first-order chi connectivity index (χ1) is 18.5. The minimum Gasteiger partial charge on any atom is -0.365 e. The van der Waals surface area contributed by atoms with Crippen molar-refractivity contribution in [1.29, 1.82) is 0 Å². The normalized spacial score (nSPS) is 23.8. The van der Waals surface area contributed by atoms with Gasteiger partial charge >= 0.3 is 5.76 Å². The third-order valence-electron chi connectivity index (χ3n) is 9.44. The summed E-state index contributed by atoms with van der Waals surface area (Å²) in [7, 11) is 0. The Labute approximate surface area is 223 Å². The lowest BCUT2D eigenvalue weighted by Gasteiger charge is -2.32. The van der Waals surface area contributed by atoms with E-state index in [2.05, 4.69) is 40.5 Å². The van der Waals surface area contributed by atoms with Crippen LogP contribution < -0.4 is 11.1 Å². The van der Waals surface area contributed by atoms with Gasteiger partial charge in [-0.2, -0.15) is 0 Å². The Kier molecular flexibility index (Phi) is 7.10. The van der Waals surface area contributed by atoms with Crippen LogP contribution in [0.5, 0.6) is 0 Å². The number of rotatable bonds is 8. The van der Waals surface area contributed by atoms with Gasteiger partial charge < -0.3 is 9.88 Å². The molecular formula is C29H41N7O2. The van der Waals surface area contributed by atoms with Gasteiger partial charge in [0, 0.05) is 12.6 Å². The molecule has 6 rings (SSSR count). The van der Waals surface area contributed by atoms with Crippen molar-refractivity contribution < 1.29 is 4.52 Å². The highest BCUT2D eigenvalue weighted by molar-refractivity contribution is 5.87. The molecule has 38 heavy (non-hydrogen) atoms. The predicted molar refractivity (Wildman–Crippen MR) is 149 cm³/mol. The summed E-state index contributed by atoms with van der Waals surface area (Å²) in [6, 6.07) is 0.273. The zero-order valence-electron chi connectivity index (χ0n) is 22.8. The summed E-state index contributed by atoms with van der Waals surface area (Å²) in [6.07, 6.45) is 14.9. The third-order valence-corrected chi connectivity index (χ3v) is 9.44. The van der Waals surface area contributed by atoms with Gasteiger partial charge in [-0.15, -0.1) is 0 Å². The first kappa shape index (κ1) is 25.3. The fourth-order valence-corrected chi connectivity index (χ4v) is 6.67. The monoisotopic (exact) mass is 519 g/mol. The van der Waals surface area contributed by atoms with Crippen LogP contribution in [0, 0.1) is 23.7 Å². The highest BCUT2D eigenvalue weighted by atomic mass is 16.5. The molecule has 9 heteroatoms. The fourth-order valence-electron chi connectivity index (χ4n) is 6.67. The lowest BCUT2D eigenvalue weighted by Crippen LogP contribution is -2.31. The number of imidazole rings is 1. The average Bonchev–Trinajstić information content (AvgIpc) is 3.48. The second-order valence-electron chi connectivity index (χ2n) is 12.2. The van der Waals surface area contributed by atoms with E-state index >= 15 is 0 Å². The Balaban J connectivity index is 1.47. The summed E-state index contributed by atoms with van der Waals surface area (Å²) in [5.74, 6) is 4.11. The largest absolute Gasteiger partial charge is 0.439 e. The molecule has 3 saturated carbocycles. The number of hydrogen-bond donors (Lipinski definition) is 2. The summed E-state index contributed by atoms with van der Waals surface area (Å²) in [4.78, 5) is 29.2. The van der Waals surface area contributed by atoms with E-state index in [0.29, 0.717) is 29.2 Å². The van der Waals surface area contributed by atoms with Crippen molar-refractivity contribution in [3.63, 3.8) is 0 Å². The van der Waals surface area contributed by atoms with Crippen LogP contribution in [0.3, 0.4) is 0 Å². The van der Waals surface area contributed by atoms with Crippen LogP contribution in [0.15, 0.2) is 15.9 Å². The van der Waals surface area contributed by atoms with Gasteiger partial charge in [-0.1, -0.05) is 57.2 Å². The number of nitrogens with one attached hydrogen (secondary N) is 2. The second-order valence-corrected chi connectivity index (χ2v) is 12.2. The maximum atomic E-state index is 11.7. The van der Waals surface area contributed by atoms with Gasteiger partial charge in [-0.3, -0.25) is 9.51 Å². The van der Waals surface area contributed by atoms with Crippen molar-refractivity contribution in [1.82, 2.24) is 29.7 Å². The molecule has 204 valence electrons. The summed E-state index contributed by atoms with van der Waals surface area (Å²) in [5.41, 5.74) is 2.69. The predicted octanol–water partition coefficient (Wildman–Crippen LogP) is 6.19. The molecular weight excluding hydrogens is 478 g/mol. The van der Waals surface area contributed by atoms with Crippen LogP contribution >= 0.6 is 0 Å². The number of fused-ring (bicyclic) bond motifs is 1. The van der Waals surface area contributed by atoms with Crippen molar-refractivity contribution in [2.75, 3.05) is 5.32 Å². The van der Waals surface area contributed by atoms with E-state index in [1.165, 1.54) is 77.0 Å². The molecule has 2 N–H and O–H groups in total. The molecule has 1 atom stereocenters. The van der Waals surface area contributed by atoms with Crippen molar-refractivity contribution in [3.8, 4) is 11.6 Å². The van der Waals surface area contributed by atoms with Gasteiger partial charge in [0.15, 0.2) is 11.5 Å². The lowest BCUT2D eigenvalue weighted by molar-refractivity contribution is 0.265. The van der Waals surface area contributed by atoms with E-state index in [4.69, 9.17) is 19.5 Å². The molecule has 0 unspecified atom stereocenters. The highest BCUT2D eigenvalue weighted by Gasteiger charge is 2.30. The van der Waals surface area contributed by atoms with Crippen molar-refractivity contribution in [2.24, 2.45) is 23.7 Å². The second kappa shape index (κ2) is 10.7. The first-order valence-corrected chi connectivity index (χ1v) is 14.8. The molecule has 0 saturated heterocycles. The van der Waals surface area contributed by atoms with Gasteiger partial charge in [0.25, 0.3) is 0 Å². The minimum absolute atomic E-state index is 0.222. The van der Waals surface area contributed by atoms with E-state index in [1.54, 1.807) is 0 Å². The molecule has 3 aromatic heterocycles. The molecule has 0 radical (unpaired) electrons. The number of H-pyrrole nitrogens is 1. The maximum Gasteiger partial charge on any atom is 0.439 e. The number of nitrogens with zero attached hydrogens (tertiary/aromatic N) is 5. The Hall–Kier alpha value is -2.97. The number of allylic oxidation sites excluding steroid dienone is 1. The van der Waals surface area contributed by atoms with E-state index < -0.39 is 5.76 Å². The lowest BCUT2D eigenvalue weighted by atomic mass is 9.80. The molecule has 3 fully saturated rings. The van der Waals surface area contributed by atoms with Gasteiger partial charge in [0.1, 0.15) is 11.3 Å². The van der Waals surface area contributed by atoms with E-state index in [9.17, 15) is 4.79 Å². The van der Waals surface area contributed by atoms with Crippen LogP contribution in [0.1, 0.15) is 96.7 Å². The van der Waals surface area contributed by atoms with E-state index in [0.717, 1.165) is 35.2 Å². The smallest absolute Gasteiger partial charge is 0.365 e. The Morgan fingerprint density at radius 1 is 1.05 bits per heavy atom. The van der Waals surface area contributed by atoms with Crippen molar-refractivity contribution in [2.45, 2.75) is 103 Å². The number of hydrogen-bond acceptors (Lipinski definition) is 7.